The number of unbranched alkanes of at least 4 members (excludes halogenated alkanes) is 1. The Bertz CT molecular complexity index is 401. The van der Waals surface area contributed by atoms with Crippen molar-refractivity contribution in [1.82, 2.24) is 0 Å². The molecule has 0 amide bonds. The van der Waals surface area contributed by atoms with Crippen molar-refractivity contribution in [2.75, 3.05) is 13.2 Å². The molecule has 0 aromatic heterocycles. The molecule has 0 aliphatic carbocycles. The average Bonchev–Trinajstić information content (AvgIpc) is 2.41. The zero-order valence-corrected chi connectivity index (χ0v) is 11.4. The molecule has 3 nitrogen and oxygen atoms in total. The molecule has 0 unspecified atom stereocenters. The predicted octanol–water partition coefficient (Wildman–Crippen LogP) is 3.90. The van der Waals surface area contributed by atoms with Crippen LogP contribution in [0.3, 0.4) is 0 Å². The van der Waals surface area contributed by atoms with E-state index in [-0.39, 0.29) is 0 Å². The first-order chi connectivity index (χ1) is 8.81. The number of hydrogen-bond donors (Lipinski definition) is 0. The fourth-order valence-corrected chi connectivity index (χ4v) is 1.64. The lowest BCUT2D eigenvalue weighted by Crippen LogP contribution is -2.01. The van der Waals surface area contributed by atoms with Crippen LogP contribution in [-0.2, 0) is 5.88 Å². The van der Waals surface area contributed by atoms with Gasteiger partial charge in [0.05, 0.1) is 25.2 Å². The summed E-state index contributed by atoms with van der Waals surface area (Å²) in [6.45, 7) is 3.27. The minimum Gasteiger partial charge on any atom is -0.493 e. The number of benzene rings is 1. The van der Waals surface area contributed by atoms with Gasteiger partial charge in [-0.1, -0.05) is 13.0 Å². The van der Waals surface area contributed by atoms with E-state index in [4.69, 9.17) is 26.3 Å². The van der Waals surface area contributed by atoms with Crippen molar-refractivity contribution in [2.24, 2.45) is 0 Å². The molecule has 0 saturated carbocycles. The van der Waals surface area contributed by atoms with Gasteiger partial charge in [0.15, 0.2) is 0 Å². The second-order valence-electron chi connectivity index (χ2n) is 3.86. The first-order valence-corrected chi connectivity index (χ1v) is 6.66. The van der Waals surface area contributed by atoms with E-state index in [1.165, 1.54) is 0 Å². The minimum absolute atomic E-state index is 0.404. The molecular weight excluding hydrogens is 250 g/mol. The van der Waals surface area contributed by atoms with Crippen LogP contribution >= 0.6 is 11.6 Å². The van der Waals surface area contributed by atoms with E-state index in [1.54, 1.807) is 0 Å². The Balaban J connectivity index is 2.63. The molecule has 0 aliphatic heterocycles. The Kier molecular flexibility index (Phi) is 7.05. The number of hydrogen-bond acceptors (Lipinski definition) is 3. The molecule has 1 aromatic carbocycles. The van der Waals surface area contributed by atoms with E-state index in [9.17, 15) is 0 Å². The number of ether oxygens (including phenoxy) is 2. The summed E-state index contributed by atoms with van der Waals surface area (Å²) in [6.07, 6.45) is 2.19. The summed E-state index contributed by atoms with van der Waals surface area (Å²) in [5.74, 6) is 1.94. The van der Waals surface area contributed by atoms with E-state index >= 15 is 0 Å². The highest BCUT2D eigenvalue weighted by Crippen LogP contribution is 2.26. The largest absolute Gasteiger partial charge is 0.493 e. The summed E-state index contributed by atoms with van der Waals surface area (Å²) in [6, 6.07) is 7.76. The smallest absolute Gasteiger partial charge is 0.127 e. The highest BCUT2D eigenvalue weighted by Gasteiger charge is 2.05. The molecule has 0 bridgehead atoms. The molecule has 0 aliphatic rings. The van der Waals surface area contributed by atoms with E-state index in [0.717, 1.165) is 29.9 Å². The van der Waals surface area contributed by atoms with Gasteiger partial charge in [-0.25, -0.2) is 0 Å². The van der Waals surface area contributed by atoms with E-state index in [2.05, 4.69) is 13.0 Å². The highest BCUT2D eigenvalue weighted by atomic mass is 35.5. The van der Waals surface area contributed by atoms with Gasteiger partial charge in [-0.3, -0.25) is 0 Å². The summed E-state index contributed by atoms with van der Waals surface area (Å²) < 4.78 is 11.2. The number of nitriles is 1. The summed E-state index contributed by atoms with van der Waals surface area (Å²) in [5.41, 5.74) is 0.942. The van der Waals surface area contributed by atoms with E-state index in [0.29, 0.717) is 25.5 Å². The maximum Gasteiger partial charge on any atom is 0.127 e. The molecule has 0 radical (unpaired) electrons. The molecule has 4 heteroatoms. The zero-order chi connectivity index (χ0) is 13.2. The lowest BCUT2D eigenvalue weighted by atomic mass is 10.2. The van der Waals surface area contributed by atoms with Gasteiger partial charge < -0.3 is 9.47 Å². The summed E-state index contributed by atoms with van der Waals surface area (Å²) in [7, 11) is 0. The molecule has 1 aromatic rings. The van der Waals surface area contributed by atoms with Gasteiger partial charge in [0.2, 0.25) is 0 Å². The predicted molar refractivity (Wildman–Crippen MR) is 72.1 cm³/mol. The first kappa shape index (κ1) is 14.7. The van der Waals surface area contributed by atoms with Crippen LogP contribution in [-0.4, -0.2) is 13.2 Å². The second kappa shape index (κ2) is 8.66. The summed E-state index contributed by atoms with van der Waals surface area (Å²) >= 11 is 5.86. The fraction of sp³-hybridized carbons (Fsp3) is 0.500. The SMILES string of the molecule is CCCOc1ccc(CCl)c(OCCCC#N)c1. The van der Waals surface area contributed by atoms with Crippen LogP contribution < -0.4 is 9.47 Å². The Morgan fingerprint density at radius 3 is 2.78 bits per heavy atom. The van der Waals surface area contributed by atoms with Crippen molar-refractivity contribution < 1.29 is 9.47 Å². The Morgan fingerprint density at radius 2 is 2.11 bits per heavy atom. The molecule has 0 atom stereocenters. The molecule has 98 valence electrons. The van der Waals surface area contributed by atoms with Crippen LogP contribution in [0.25, 0.3) is 0 Å². The third-order valence-electron chi connectivity index (χ3n) is 2.35. The minimum atomic E-state index is 0.404. The lowest BCUT2D eigenvalue weighted by molar-refractivity contribution is 0.297. The standard InChI is InChI=1S/C14H18ClNO2/c1-2-8-17-13-6-5-12(11-15)14(10-13)18-9-4-3-7-16/h5-6,10H,2-4,8-9,11H2,1H3. The summed E-state index contributed by atoms with van der Waals surface area (Å²) in [4.78, 5) is 0. The third kappa shape index (κ3) is 4.85. The average molecular weight is 268 g/mol. The molecule has 0 saturated heterocycles. The Morgan fingerprint density at radius 1 is 1.28 bits per heavy atom. The van der Waals surface area contributed by atoms with Crippen LogP contribution in [0.15, 0.2) is 18.2 Å². The van der Waals surface area contributed by atoms with E-state index in [1.807, 2.05) is 18.2 Å². The monoisotopic (exact) mass is 267 g/mol. The van der Waals surface area contributed by atoms with Crippen LogP contribution in [0.1, 0.15) is 31.7 Å². The van der Waals surface area contributed by atoms with Crippen molar-refractivity contribution in [3.63, 3.8) is 0 Å². The van der Waals surface area contributed by atoms with Crippen molar-refractivity contribution in [2.45, 2.75) is 32.1 Å². The maximum absolute atomic E-state index is 8.46. The molecule has 0 spiro atoms. The Labute approximate surface area is 113 Å². The van der Waals surface area contributed by atoms with Crippen molar-refractivity contribution in [3.05, 3.63) is 23.8 Å². The van der Waals surface area contributed by atoms with Crippen LogP contribution in [0, 0.1) is 11.3 Å². The highest BCUT2D eigenvalue weighted by molar-refractivity contribution is 6.17. The number of nitrogens with zero attached hydrogens (tertiary/aromatic N) is 1. The fourth-order valence-electron chi connectivity index (χ4n) is 1.42. The third-order valence-corrected chi connectivity index (χ3v) is 2.63. The zero-order valence-electron chi connectivity index (χ0n) is 10.6. The Hall–Kier alpha value is -1.40. The normalized spacial score (nSPS) is 9.83. The molecule has 0 fully saturated rings. The number of halogens is 1. The molecule has 0 heterocycles. The maximum atomic E-state index is 8.46. The first-order valence-electron chi connectivity index (χ1n) is 6.13. The van der Waals surface area contributed by atoms with Gasteiger partial charge >= 0.3 is 0 Å². The van der Waals surface area contributed by atoms with Crippen molar-refractivity contribution in [1.29, 1.82) is 5.26 Å². The van der Waals surface area contributed by atoms with E-state index < -0.39 is 0 Å². The lowest BCUT2D eigenvalue weighted by Gasteiger charge is -2.12. The van der Waals surface area contributed by atoms with Crippen LogP contribution in [0.4, 0.5) is 0 Å². The molecular formula is C14H18ClNO2. The van der Waals surface area contributed by atoms with Crippen LogP contribution in [0.5, 0.6) is 11.5 Å². The topological polar surface area (TPSA) is 42.2 Å². The molecule has 0 N–H and O–H groups in total. The van der Waals surface area contributed by atoms with Gasteiger partial charge in [-0.15, -0.1) is 11.6 Å². The van der Waals surface area contributed by atoms with Crippen molar-refractivity contribution >= 4 is 11.6 Å². The molecule has 1 rings (SSSR count). The van der Waals surface area contributed by atoms with Gasteiger partial charge in [-0.05, 0) is 18.9 Å². The van der Waals surface area contributed by atoms with Crippen molar-refractivity contribution in [3.8, 4) is 17.6 Å². The molecule has 18 heavy (non-hydrogen) atoms. The van der Waals surface area contributed by atoms with Gasteiger partial charge in [-0.2, -0.15) is 5.26 Å². The quantitative estimate of drug-likeness (QED) is 0.530. The van der Waals surface area contributed by atoms with Gasteiger partial charge in [0, 0.05) is 18.1 Å². The number of rotatable bonds is 8. The van der Waals surface area contributed by atoms with Gasteiger partial charge in [0.1, 0.15) is 11.5 Å². The van der Waals surface area contributed by atoms with Crippen LogP contribution in [0.2, 0.25) is 0 Å². The number of alkyl halides is 1. The second-order valence-corrected chi connectivity index (χ2v) is 4.13. The summed E-state index contributed by atoms with van der Waals surface area (Å²) in [5, 5.41) is 8.46. The van der Waals surface area contributed by atoms with Gasteiger partial charge in [0.25, 0.3) is 0 Å².